The van der Waals surface area contributed by atoms with Crippen LogP contribution in [-0.4, -0.2) is 17.8 Å². The monoisotopic (exact) mass is 221 g/mol. The van der Waals surface area contributed by atoms with Crippen molar-refractivity contribution in [3.05, 3.63) is 22.4 Å². The van der Waals surface area contributed by atoms with Crippen LogP contribution in [0.1, 0.15) is 18.2 Å². The van der Waals surface area contributed by atoms with E-state index < -0.39 is 0 Å². The average Bonchev–Trinajstić information content (AvgIpc) is 2.59. The lowest BCUT2D eigenvalue weighted by molar-refractivity contribution is 0.238. The Labute approximate surface area is 89.4 Å². The molecule has 1 heterocycles. The predicted molar refractivity (Wildman–Crippen MR) is 59.6 cm³/mol. The van der Waals surface area contributed by atoms with E-state index in [4.69, 9.17) is 5.11 Å². The van der Waals surface area contributed by atoms with Crippen molar-refractivity contribution in [3.8, 4) is 0 Å². The summed E-state index contributed by atoms with van der Waals surface area (Å²) >= 11 is 1.74. The minimum absolute atomic E-state index is 0. The highest BCUT2D eigenvalue weighted by atomic mass is 35.5. The Balaban J connectivity index is 0.00000144. The Morgan fingerprint density at radius 1 is 1.62 bits per heavy atom. The molecule has 0 fully saturated rings. The summed E-state index contributed by atoms with van der Waals surface area (Å²) in [6.45, 7) is 3.17. The summed E-state index contributed by atoms with van der Waals surface area (Å²) in [6, 6.07) is 4.38. The zero-order valence-electron chi connectivity index (χ0n) is 7.69. The van der Waals surface area contributed by atoms with Crippen molar-refractivity contribution in [2.24, 2.45) is 0 Å². The third-order valence-electron chi connectivity index (χ3n) is 1.86. The van der Waals surface area contributed by atoms with Gasteiger partial charge in [0.15, 0.2) is 0 Å². The van der Waals surface area contributed by atoms with E-state index in [0.29, 0.717) is 0 Å². The van der Waals surface area contributed by atoms with Crippen LogP contribution in [0.3, 0.4) is 0 Å². The smallest absolute Gasteiger partial charge is 0.0584 e. The fourth-order valence-corrected chi connectivity index (χ4v) is 1.65. The van der Waals surface area contributed by atoms with Gasteiger partial charge in [0.05, 0.1) is 6.61 Å². The average molecular weight is 222 g/mol. The second kappa shape index (κ2) is 7.33. The van der Waals surface area contributed by atoms with Crippen LogP contribution in [0, 0.1) is 0 Å². The lowest BCUT2D eigenvalue weighted by Crippen LogP contribution is -2.30. The number of aliphatic hydroxyl groups excluding tert-OH is 1. The van der Waals surface area contributed by atoms with Crippen molar-refractivity contribution in [1.29, 1.82) is 0 Å². The molecular weight excluding hydrogens is 206 g/mol. The zero-order chi connectivity index (χ0) is 8.81. The largest absolute Gasteiger partial charge is 0.395 e. The Hall–Kier alpha value is -0.0900. The molecule has 1 aromatic heterocycles. The summed E-state index contributed by atoms with van der Waals surface area (Å²) in [4.78, 5) is 1.32. The number of nitrogens with one attached hydrogen (secondary N) is 1. The fourth-order valence-electron chi connectivity index (χ4n) is 0.996. The normalized spacial score (nSPS) is 12.2. The molecule has 1 atom stereocenters. The predicted octanol–water partition coefficient (Wildman–Crippen LogP) is 2.03. The van der Waals surface area contributed by atoms with Gasteiger partial charge in [0, 0.05) is 17.5 Å². The molecule has 1 aromatic rings. The van der Waals surface area contributed by atoms with Crippen LogP contribution in [0.15, 0.2) is 17.5 Å². The van der Waals surface area contributed by atoms with Gasteiger partial charge >= 0.3 is 0 Å². The molecule has 2 nitrogen and oxygen atoms in total. The molecule has 13 heavy (non-hydrogen) atoms. The second-order valence-electron chi connectivity index (χ2n) is 2.75. The van der Waals surface area contributed by atoms with E-state index in [1.165, 1.54) is 4.88 Å². The zero-order valence-corrected chi connectivity index (χ0v) is 9.33. The van der Waals surface area contributed by atoms with E-state index in [2.05, 4.69) is 23.7 Å². The molecule has 4 heteroatoms. The number of thiophene rings is 1. The van der Waals surface area contributed by atoms with Gasteiger partial charge in [-0.3, -0.25) is 0 Å². The minimum Gasteiger partial charge on any atom is -0.395 e. The van der Waals surface area contributed by atoms with Crippen LogP contribution in [0.4, 0.5) is 0 Å². The van der Waals surface area contributed by atoms with Gasteiger partial charge in [-0.1, -0.05) is 13.0 Å². The van der Waals surface area contributed by atoms with Gasteiger partial charge in [-0.05, 0) is 17.9 Å². The molecule has 0 saturated heterocycles. The van der Waals surface area contributed by atoms with Gasteiger partial charge in [0.25, 0.3) is 0 Å². The molecule has 0 aliphatic heterocycles. The minimum atomic E-state index is 0. The van der Waals surface area contributed by atoms with Crippen molar-refractivity contribution in [1.82, 2.24) is 5.32 Å². The summed E-state index contributed by atoms with van der Waals surface area (Å²) in [6.07, 6.45) is 0.974. The maximum absolute atomic E-state index is 8.90. The molecule has 1 rings (SSSR count). The quantitative estimate of drug-likeness (QED) is 0.798. The van der Waals surface area contributed by atoms with Crippen molar-refractivity contribution in [2.75, 3.05) is 6.61 Å². The molecule has 2 N–H and O–H groups in total. The van der Waals surface area contributed by atoms with Crippen LogP contribution < -0.4 is 5.32 Å². The van der Waals surface area contributed by atoms with Crippen molar-refractivity contribution < 1.29 is 5.11 Å². The highest BCUT2D eigenvalue weighted by Crippen LogP contribution is 2.07. The molecule has 0 aliphatic carbocycles. The molecule has 76 valence electrons. The molecule has 0 spiro atoms. The van der Waals surface area contributed by atoms with Crippen LogP contribution in [0.5, 0.6) is 0 Å². The lowest BCUT2D eigenvalue weighted by atomic mass is 10.2. The first-order valence-corrected chi connectivity index (χ1v) is 5.11. The standard InChI is InChI=1S/C9H15NOS.ClH/c1-2-8(7-11)10-6-9-4-3-5-12-9;/h3-5,8,10-11H,2,6-7H2,1H3;1H. The first-order chi connectivity index (χ1) is 5.86. The lowest BCUT2D eigenvalue weighted by Gasteiger charge is -2.12. The molecule has 0 radical (unpaired) electrons. The molecular formula is C9H16ClNOS. The molecule has 0 amide bonds. The van der Waals surface area contributed by atoms with Crippen LogP contribution in [0.2, 0.25) is 0 Å². The van der Waals surface area contributed by atoms with Crippen LogP contribution in [0.25, 0.3) is 0 Å². The van der Waals surface area contributed by atoms with E-state index in [9.17, 15) is 0 Å². The van der Waals surface area contributed by atoms with Gasteiger partial charge in [-0.2, -0.15) is 0 Å². The van der Waals surface area contributed by atoms with Crippen molar-refractivity contribution in [2.45, 2.75) is 25.9 Å². The van der Waals surface area contributed by atoms with Crippen molar-refractivity contribution >= 4 is 23.7 Å². The number of rotatable bonds is 5. The highest BCUT2D eigenvalue weighted by Gasteiger charge is 2.02. The first kappa shape index (κ1) is 12.9. The number of halogens is 1. The van der Waals surface area contributed by atoms with E-state index in [1.807, 2.05) is 6.07 Å². The molecule has 0 aliphatic rings. The number of hydrogen-bond donors (Lipinski definition) is 2. The summed E-state index contributed by atoms with van der Waals surface area (Å²) in [5.74, 6) is 0. The van der Waals surface area contributed by atoms with Gasteiger partial charge < -0.3 is 10.4 Å². The summed E-state index contributed by atoms with van der Waals surface area (Å²) in [7, 11) is 0. The third-order valence-corrected chi connectivity index (χ3v) is 2.73. The third kappa shape index (κ3) is 4.62. The molecule has 0 bridgehead atoms. The van der Waals surface area contributed by atoms with Gasteiger partial charge in [-0.25, -0.2) is 0 Å². The molecule has 0 aromatic carbocycles. The maximum atomic E-state index is 8.90. The van der Waals surface area contributed by atoms with E-state index in [0.717, 1.165) is 13.0 Å². The SMILES string of the molecule is CCC(CO)NCc1cccs1.Cl. The first-order valence-electron chi connectivity index (χ1n) is 4.23. The summed E-state index contributed by atoms with van der Waals surface area (Å²) < 4.78 is 0. The summed E-state index contributed by atoms with van der Waals surface area (Å²) in [5, 5.41) is 14.2. The van der Waals surface area contributed by atoms with Gasteiger partial charge in [0.1, 0.15) is 0 Å². The molecule has 0 saturated carbocycles. The van der Waals surface area contributed by atoms with E-state index in [1.54, 1.807) is 11.3 Å². The number of hydrogen-bond acceptors (Lipinski definition) is 3. The highest BCUT2D eigenvalue weighted by molar-refractivity contribution is 7.09. The van der Waals surface area contributed by atoms with E-state index >= 15 is 0 Å². The molecule has 1 unspecified atom stereocenters. The Kier molecular flexibility index (Phi) is 7.28. The van der Waals surface area contributed by atoms with E-state index in [-0.39, 0.29) is 25.1 Å². The Morgan fingerprint density at radius 3 is 2.85 bits per heavy atom. The van der Waals surface area contributed by atoms with Crippen LogP contribution in [-0.2, 0) is 6.54 Å². The Bertz CT molecular complexity index is 199. The summed E-state index contributed by atoms with van der Waals surface area (Å²) in [5.41, 5.74) is 0. The van der Waals surface area contributed by atoms with Gasteiger partial charge in [0.2, 0.25) is 0 Å². The van der Waals surface area contributed by atoms with Gasteiger partial charge in [-0.15, -0.1) is 23.7 Å². The van der Waals surface area contributed by atoms with Crippen molar-refractivity contribution in [3.63, 3.8) is 0 Å². The Morgan fingerprint density at radius 2 is 2.38 bits per heavy atom. The van der Waals surface area contributed by atoms with Crippen LogP contribution >= 0.6 is 23.7 Å². The second-order valence-corrected chi connectivity index (χ2v) is 3.78. The maximum Gasteiger partial charge on any atom is 0.0584 e. The number of aliphatic hydroxyl groups is 1. The fraction of sp³-hybridized carbons (Fsp3) is 0.556. The topological polar surface area (TPSA) is 32.3 Å².